The van der Waals surface area contributed by atoms with Crippen LogP contribution in [0.1, 0.15) is 27.2 Å². The lowest BCUT2D eigenvalue weighted by atomic mass is 10.0. The third kappa shape index (κ3) is 3.00. The normalized spacial score (nSPS) is 13.0. The van der Waals surface area contributed by atoms with Crippen LogP contribution in [0.2, 0.25) is 0 Å². The number of aryl methyl sites for hydroxylation is 2. The number of fused-ring (bicyclic) bond motifs is 2. The third-order valence-electron chi connectivity index (χ3n) is 4.63. The summed E-state index contributed by atoms with van der Waals surface area (Å²) in [4.78, 5) is 17.3. The molecular weight excluding hydrogens is 373 g/mol. The SMILES string of the molecule is Cc1nc2cc3c(cc2c(C)c1C(=O)Nc1ccccc1C(F)(F)F)OCO3. The van der Waals surface area contributed by atoms with E-state index in [2.05, 4.69) is 10.3 Å². The number of nitrogens with one attached hydrogen (secondary N) is 1. The Kier molecular flexibility index (Phi) is 4.14. The van der Waals surface area contributed by atoms with Gasteiger partial charge in [-0.05, 0) is 37.6 Å². The summed E-state index contributed by atoms with van der Waals surface area (Å²) in [6, 6.07) is 8.30. The van der Waals surface area contributed by atoms with Crippen LogP contribution in [0.25, 0.3) is 10.9 Å². The number of hydrogen-bond acceptors (Lipinski definition) is 4. The quantitative estimate of drug-likeness (QED) is 0.682. The number of amides is 1. The Morgan fingerprint density at radius 3 is 2.50 bits per heavy atom. The Bertz CT molecular complexity index is 1110. The van der Waals surface area contributed by atoms with E-state index in [0.29, 0.717) is 33.7 Å². The van der Waals surface area contributed by atoms with Crippen LogP contribution in [0.15, 0.2) is 36.4 Å². The summed E-state index contributed by atoms with van der Waals surface area (Å²) in [5.41, 5.74) is 0.642. The average molecular weight is 388 g/mol. The van der Waals surface area contributed by atoms with Gasteiger partial charge in [-0.3, -0.25) is 9.78 Å². The van der Waals surface area contributed by atoms with Crippen LogP contribution in [0, 0.1) is 13.8 Å². The first kappa shape index (κ1) is 18.1. The molecule has 0 bridgehead atoms. The summed E-state index contributed by atoms with van der Waals surface area (Å²) >= 11 is 0. The van der Waals surface area contributed by atoms with E-state index in [1.165, 1.54) is 18.2 Å². The molecule has 3 aromatic rings. The minimum Gasteiger partial charge on any atom is -0.454 e. The molecule has 1 aromatic heterocycles. The lowest BCUT2D eigenvalue weighted by Crippen LogP contribution is -2.19. The fourth-order valence-electron chi connectivity index (χ4n) is 3.33. The number of pyridine rings is 1. The molecular formula is C20H15F3N2O3. The standard InChI is InChI=1S/C20H15F3N2O3/c1-10-12-7-16-17(28-9-27-16)8-15(12)24-11(2)18(10)19(26)25-14-6-4-3-5-13(14)20(21,22)23/h3-8H,9H2,1-2H3,(H,25,26). The molecule has 144 valence electrons. The number of halogens is 3. The van der Waals surface area contributed by atoms with Crippen molar-refractivity contribution in [1.82, 2.24) is 4.98 Å². The van der Waals surface area contributed by atoms with Crippen molar-refractivity contribution < 1.29 is 27.4 Å². The number of rotatable bonds is 2. The van der Waals surface area contributed by atoms with E-state index >= 15 is 0 Å². The monoisotopic (exact) mass is 388 g/mol. The Hall–Kier alpha value is -3.29. The van der Waals surface area contributed by atoms with Crippen molar-refractivity contribution in [2.24, 2.45) is 0 Å². The summed E-state index contributed by atoms with van der Waals surface area (Å²) in [5, 5.41) is 3.05. The number of carbonyl (C=O) groups is 1. The van der Waals surface area contributed by atoms with Crippen molar-refractivity contribution in [2.45, 2.75) is 20.0 Å². The summed E-state index contributed by atoms with van der Waals surface area (Å²) in [7, 11) is 0. The zero-order valence-electron chi connectivity index (χ0n) is 15.0. The summed E-state index contributed by atoms with van der Waals surface area (Å²) in [6.45, 7) is 3.47. The molecule has 0 atom stereocenters. The predicted octanol–water partition coefficient (Wildman–Crippen LogP) is 4.85. The maximum Gasteiger partial charge on any atom is 0.418 e. The predicted molar refractivity (Wildman–Crippen MR) is 96.7 cm³/mol. The molecule has 28 heavy (non-hydrogen) atoms. The second-order valence-electron chi connectivity index (χ2n) is 6.42. The Labute approximate surface area is 158 Å². The second-order valence-corrected chi connectivity index (χ2v) is 6.42. The number of anilines is 1. The molecule has 4 rings (SSSR count). The van der Waals surface area contributed by atoms with Crippen LogP contribution in [0.5, 0.6) is 11.5 Å². The first-order valence-electron chi connectivity index (χ1n) is 8.44. The van der Waals surface area contributed by atoms with Gasteiger partial charge in [-0.25, -0.2) is 0 Å². The molecule has 1 N–H and O–H groups in total. The van der Waals surface area contributed by atoms with Crippen molar-refractivity contribution >= 4 is 22.5 Å². The van der Waals surface area contributed by atoms with Crippen molar-refractivity contribution in [3.05, 3.63) is 58.8 Å². The lowest BCUT2D eigenvalue weighted by Gasteiger charge is -2.16. The number of nitrogens with zero attached hydrogens (tertiary/aromatic N) is 1. The smallest absolute Gasteiger partial charge is 0.418 e. The molecule has 0 aliphatic carbocycles. The lowest BCUT2D eigenvalue weighted by molar-refractivity contribution is -0.136. The van der Waals surface area contributed by atoms with Gasteiger partial charge in [0.1, 0.15) is 0 Å². The highest BCUT2D eigenvalue weighted by Crippen LogP contribution is 2.38. The molecule has 1 amide bonds. The molecule has 0 spiro atoms. The highest BCUT2D eigenvalue weighted by Gasteiger charge is 2.34. The Morgan fingerprint density at radius 2 is 1.79 bits per heavy atom. The van der Waals surface area contributed by atoms with Crippen molar-refractivity contribution in [3.63, 3.8) is 0 Å². The molecule has 0 saturated carbocycles. The number of aromatic nitrogens is 1. The number of para-hydroxylation sites is 1. The number of benzene rings is 2. The summed E-state index contributed by atoms with van der Waals surface area (Å²) in [5.74, 6) is 0.448. The van der Waals surface area contributed by atoms with Crippen LogP contribution in [0.4, 0.5) is 18.9 Å². The Morgan fingerprint density at radius 1 is 1.11 bits per heavy atom. The number of hydrogen-bond donors (Lipinski definition) is 1. The van der Waals surface area contributed by atoms with Gasteiger partial charge in [-0.2, -0.15) is 13.2 Å². The molecule has 1 aliphatic heterocycles. The van der Waals surface area contributed by atoms with Crippen LogP contribution >= 0.6 is 0 Å². The van der Waals surface area contributed by atoms with Gasteiger partial charge >= 0.3 is 6.18 Å². The van der Waals surface area contributed by atoms with E-state index in [9.17, 15) is 18.0 Å². The van der Waals surface area contributed by atoms with Crippen molar-refractivity contribution in [2.75, 3.05) is 12.1 Å². The van der Waals surface area contributed by atoms with Gasteiger partial charge in [0, 0.05) is 11.5 Å². The van der Waals surface area contributed by atoms with Crippen LogP contribution in [-0.4, -0.2) is 17.7 Å². The first-order chi connectivity index (χ1) is 13.3. The zero-order valence-corrected chi connectivity index (χ0v) is 15.0. The largest absolute Gasteiger partial charge is 0.454 e. The number of carbonyl (C=O) groups excluding carboxylic acids is 1. The van der Waals surface area contributed by atoms with E-state index in [1.807, 2.05) is 0 Å². The van der Waals surface area contributed by atoms with Gasteiger partial charge in [0.15, 0.2) is 11.5 Å². The van der Waals surface area contributed by atoms with Gasteiger partial charge in [0.2, 0.25) is 6.79 Å². The van der Waals surface area contributed by atoms with Gasteiger partial charge in [-0.1, -0.05) is 12.1 Å². The van der Waals surface area contributed by atoms with E-state index in [-0.39, 0.29) is 18.0 Å². The van der Waals surface area contributed by atoms with Crippen LogP contribution in [-0.2, 0) is 6.18 Å². The van der Waals surface area contributed by atoms with Crippen molar-refractivity contribution in [3.8, 4) is 11.5 Å². The maximum atomic E-state index is 13.2. The molecule has 0 saturated heterocycles. The van der Waals surface area contributed by atoms with Crippen LogP contribution < -0.4 is 14.8 Å². The van der Waals surface area contributed by atoms with E-state index < -0.39 is 17.6 Å². The number of ether oxygens (including phenoxy) is 2. The van der Waals surface area contributed by atoms with Crippen LogP contribution in [0.3, 0.4) is 0 Å². The van der Waals surface area contributed by atoms with Gasteiger partial charge in [0.25, 0.3) is 5.91 Å². The molecule has 1 aliphatic rings. The molecule has 5 nitrogen and oxygen atoms in total. The third-order valence-corrected chi connectivity index (χ3v) is 4.63. The fourth-order valence-corrected chi connectivity index (χ4v) is 3.33. The van der Waals surface area contributed by atoms with Gasteiger partial charge < -0.3 is 14.8 Å². The minimum absolute atomic E-state index is 0.102. The molecule has 0 unspecified atom stereocenters. The van der Waals surface area contributed by atoms with Crippen molar-refractivity contribution in [1.29, 1.82) is 0 Å². The fraction of sp³-hybridized carbons (Fsp3) is 0.200. The van der Waals surface area contributed by atoms with Gasteiger partial charge in [-0.15, -0.1) is 0 Å². The zero-order chi connectivity index (χ0) is 20.1. The molecule has 0 fully saturated rings. The molecule has 8 heteroatoms. The summed E-state index contributed by atoms with van der Waals surface area (Å²) in [6.07, 6.45) is -4.58. The van der Waals surface area contributed by atoms with E-state index in [1.54, 1.807) is 26.0 Å². The number of alkyl halides is 3. The van der Waals surface area contributed by atoms with Gasteiger partial charge in [0.05, 0.1) is 28.0 Å². The Balaban J connectivity index is 1.78. The first-order valence-corrected chi connectivity index (χ1v) is 8.44. The highest BCUT2D eigenvalue weighted by atomic mass is 19.4. The topological polar surface area (TPSA) is 60.5 Å². The second kappa shape index (κ2) is 6.40. The van der Waals surface area contributed by atoms with E-state index in [4.69, 9.17) is 9.47 Å². The summed E-state index contributed by atoms with van der Waals surface area (Å²) < 4.78 is 50.3. The highest BCUT2D eigenvalue weighted by molar-refractivity contribution is 6.09. The molecule has 0 radical (unpaired) electrons. The molecule has 2 heterocycles. The maximum absolute atomic E-state index is 13.2. The molecule has 2 aromatic carbocycles. The minimum atomic E-state index is -4.58. The van der Waals surface area contributed by atoms with E-state index in [0.717, 1.165) is 6.07 Å². The average Bonchev–Trinajstić information content (AvgIpc) is 3.07.